The Labute approximate surface area is 183 Å². The molecule has 2 rings (SSSR count). The smallest absolute Gasteiger partial charge is 0.323 e. The SMILES string of the molecule is CN1C(=O)[C@@H](CC(F)(F)C(F)(F)C(F)(F)C(F)(F)F)N(C(=O)c2ccccc2)[C@@H]1C(C)(C)C. The van der Waals surface area contributed by atoms with Crippen molar-refractivity contribution in [1.29, 1.82) is 0 Å². The van der Waals surface area contributed by atoms with E-state index in [0.29, 0.717) is 4.90 Å². The first kappa shape index (κ1) is 26.8. The molecule has 1 fully saturated rings. The van der Waals surface area contributed by atoms with E-state index in [2.05, 4.69) is 0 Å². The number of likely N-dealkylation sites (N-methyl/N-ethyl adjacent to an activating group) is 1. The van der Waals surface area contributed by atoms with Crippen LogP contribution in [0.5, 0.6) is 0 Å². The lowest BCUT2D eigenvalue weighted by molar-refractivity contribution is -0.397. The van der Waals surface area contributed by atoms with Crippen molar-refractivity contribution in [3.8, 4) is 0 Å². The molecule has 13 heteroatoms. The molecule has 1 aliphatic heterocycles. The highest BCUT2D eigenvalue weighted by Gasteiger charge is 2.82. The number of benzene rings is 1. The van der Waals surface area contributed by atoms with E-state index in [0.717, 1.165) is 11.9 Å². The Hall–Kier alpha value is -2.47. The van der Waals surface area contributed by atoms with Gasteiger partial charge in [-0.3, -0.25) is 9.59 Å². The van der Waals surface area contributed by atoms with E-state index in [-0.39, 0.29) is 5.56 Å². The van der Waals surface area contributed by atoms with Crippen molar-refractivity contribution in [2.45, 2.75) is 63.3 Å². The first-order valence-electron chi connectivity index (χ1n) is 9.53. The average Bonchev–Trinajstić information content (AvgIpc) is 2.91. The molecule has 2 atom stereocenters. The van der Waals surface area contributed by atoms with Gasteiger partial charge in [-0.2, -0.15) is 39.5 Å². The Kier molecular flexibility index (Phi) is 6.56. The van der Waals surface area contributed by atoms with E-state index in [1.165, 1.54) is 51.1 Å². The van der Waals surface area contributed by atoms with E-state index >= 15 is 0 Å². The van der Waals surface area contributed by atoms with Crippen LogP contribution >= 0.6 is 0 Å². The van der Waals surface area contributed by atoms with Crippen molar-refractivity contribution in [2.24, 2.45) is 5.41 Å². The number of carbonyl (C=O) groups is 2. The summed E-state index contributed by atoms with van der Waals surface area (Å²) in [7, 11) is 1.09. The third kappa shape index (κ3) is 4.37. The largest absolute Gasteiger partial charge is 0.460 e. The van der Waals surface area contributed by atoms with Crippen LogP contribution in [0.1, 0.15) is 37.6 Å². The highest BCUT2D eigenvalue weighted by Crippen LogP contribution is 2.55. The maximum Gasteiger partial charge on any atom is 0.460 e. The molecule has 0 bridgehead atoms. The van der Waals surface area contributed by atoms with Crippen molar-refractivity contribution in [3.05, 3.63) is 35.9 Å². The Morgan fingerprint density at radius 2 is 1.36 bits per heavy atom. The summed E-state index contributed by atoms with van der Waals surface area (Å²) in [5, 5.41) is 0. The van der Waals surface area contributed by atoms with Crippen LogP contribution in [0.2, 0.25) is 0 Å². The van der Waals surface area contributed by atoms with Crippen LogP contribution in [0.15, 0.2) is 30.3 Å². The Morgan fingerprint density at radius 1 is 0.879 bits per heavy atom. The molecule has 1 aromatic rings. The van der Waals surface area contributed by atoms with E-state index < -0.39 is 59.8 Å². The van der Waals surface area contributed by atoms with Gasteiger partial charge in [0, 0.05) is 24.4 Å². The van der Waals surface area contributed by atoms with Gasteiger partial charge in [0.05, 0.1) is 0 Å². The molecule has 0 unspecified atom stereocenters. The van der Waals surface area contributed by atoms with E-state index in [9.17, 15) is 49.1 Å². The summed E-state index contributed by atoms with van der Waals surface area (Å²) in [5.74, 6) is -22.3. The zero-order chi connectivity index (χ0) is 25.8. The molecule has 0 radical (unpaired) electrons. The van der Waals surface area contributed by atoms with Crippen molar-refractivity contribution in [1.82, 2.24) is 9.80 Å². The highest BCUT2D eigenvalue weighted by atomic mass is 19.4. The van der Waals surface area contributed by atoms with Gasteiger partial charge in [0.25, 0.3) is 5.91 Å². The molecule has 0 spiro atoms. The van der Waals surface area contributed by atoms with Gasteiger partial charge in [-0.25, -0.2) is 0 Å². The van der Waals surface area contributed by atoms with Crippen LogP contribution in [-0.2, 0) is 4.79 Å². The number of amides is 2. The summed E-state index contributed by atoms with van der Waals surface area (Å²) in [4.78, 5) is 27.1. The summed E-state index contributed by atoms with van der Waals surface area (Å²) < 4.78 is 121. The summed E-state index contributed by atoms with van der Waals surface area (Å²) in [6.45, 7) is 4.50. The predicted molar refractivity (Wildman–Crippen MR) is 97.9 cm³/mol. The Bertz CT molecular complexity index is 895. The fourth-order valence-corrected chi connectivity index (χ4v) is 3.78. The second kappa shape index (κ2) is 8.08. The van der Waals surface area contributed by atoms with Crippen LogP contribution in [-0.4, -0.2) is 64.8 Å². The average molecular weight is 492 g/mol. The summed E-state index contributed by atoms with van der Waals surface area (Å²) in [6.07, 6.45) is -10.7. The van der Waals surface area contributed by atoms with Crippen LogP contribution in [0, 0.1) is 5.41 Å². The third-order valence-corrected chi connectivity index (χ3v) is 5.29. The fraction of sp³-hybridized carbons (Fsp3) is 0.600. The lowest BCUT2D eigenvalue weighted by Gasteiger charge is -2.40. The Balaban J connectivity index is 2.58. The van der Waals surface area contributed by atoms with Gasteiger partial charge in [0.15, 0.2) is 0 Å². The summed E-state index contributed by atoms with van der Waals surface area (Å²) >= 11 is 0. The van der Waals surface area contributed by atoms with Gasteiger partial charge in [-0.15, -0.1) is 0 Å². The minimum atomic E-state index is -7.09. The molecular formula is C20H21F9N2O2. The van der Waals surface area contributed by atoms with E-state index in [4.69, 9.17) is 0 Å². The lowest BCUT2D eigenvalue weighted by Crippen LogP contribution is -2.62. The molecule has 0 saturated carbocycles. The first-order chi connectivity index (χ1) is 14.7. The fourth-order valence-electron chi connectivity index (χ4n) is 3.78. The van der Waals surface area contributed by atoms with Crippen molar-refractivity contribution < 1.29 is 49.1 Å². The molecule has 0 N–H and O–H groups in total. The maximum atomic E-state index is 14.4. The molecule has 1 heterocycles. The normalized spacial score (nSPS) is 21.1. The van der Waals surface area contributed by atoms with Crippen molar-refractivity contribution in [2.75, 3.05) is 7.05 Å². The van der Waals surface area contributed by atoms with Gasteiger partial charge in [0.1, 0.15) is 12.2 Å². The number of hydrogen-bond donors (Lipinski definition) is 0. The first-order valence-corrected chi connectivity index (χ1v) is 9.53. The molecule has 1 aromatic carbocycles. The molecule has 0 aliphatic carbocycles. The number of alkyl halides is 9. The van der Waals surface area contributed by atoms with Crippen LogP contribution in [0.25, 0.3) is 0 Å². The zero-order valence-corrected chi connectivity index (χ0v) is 17.9. The highest BCUT2D eigenvalue weighted by molar-refractivity contribution is 5.99. The third-order valence-electron chi connectivity index (χ3n) is 5.29. The number of hydrogen-bond acceptors (Lipinski definition) is 2. The van der Waals surface area contributed by atoms with E-state index in [1.807, 2.05) is 0 Å². The molecule has 33 heavy (non-hydrogen) atoms. The quantitative estimate of drug-likeness (QED) is 0.531. The number of halogens is 9. The van der Waals surface area contributed by atoms with Crippen molar-refractivity contribution >= 4 is 11.8 Å². The summed E-state index contributed by atoms with van der Waals surface area (Å²) in [6, 6.07) is 4.35. The van der Waals surface area contributed by atoms with Crippen molar-refractivity contribution in [3.63, 3.8) is 0 Å². The molecule has 2 amide bonds. The van der Waals surface area contributed by atoms with Gasteiger partial charge >= 0.3 is 23.9 Å². The molecule has 1 saturated heterocycles. The van der Waals surface area contributed by atoms with Crippen LogP contribution in [0.4, 0.5) is 39.5 Å². The maximum absolute atomic E-state index is 14.4. The Morgan fingerprint density at radius 3 is 1.79 bits per heavy atom. The summed E-state index contributed by atoms with van der Waals surface area (Å²) in [5.41, 5.74) is -1.16. The van der Waals surface area contributed by atoms with E-state index in [1.54, 1.807) is 0 Å². The minimum absolute atomic E-state index is 0.129. The monoisotopic (exact) mass is 492 g/mol. The van der Waals surface area contributed by atoms with Crippen LogP contribution < -0.4 is 0 Å². The number of rotatable bonds is 5. The lowest BCUT2D eigenvalue weighted by atomic mass is 9.90. The molecule has 1 aliphatic rings. The van der Waals surface area contributed by atoms with Crippen LogP contribution in [0.3, 0.4) is 0 Å². The predicted octanol–water partition coefficient (Wildman–Crippen LogP) is 5.20. The second-order valence-corrected chi connectivity index (χ2v) is 8.84. The second-order valence-electron chi connectivity index (χ2n) is 8.84. The molecular weight excluding hydrogens is 471 g/mol. The molecule has 186 valence electrons. The standard InChI is InChI=1S/C20H21F9N2O2/c1-16(2,3)15-30(4)14(33)12(31(15)13(32)11-8-6-5-7-9-11)10-17(21,22)18(23,24)19(25,26)20(27,28)29/h5-9,12,15H,10H2,1-4H3/t12-,15-/m1/s1. The van der Waals surface area contributed by atoms with Gasteiger partial charge in [-0.05, 0) is 12.1 Å². The minimum Gasteiger partial charge on any atom is -0.323 e. The molecule has 0 aromatic heterocycles. The van der Waals surface area contributed by atoms with Gasteiger partial charge in [0.2, 0.25) is 5.91 Å². The zero-order valence-electron chi connectivity index (χ0n) is 17.9. The number of carbonyl (C=O) groups excluding carboxylic acids is 2. The number of nitrogens with zero attached hydrogens (tertiary/aromatic N) is 2. The van der Waals surface area contributed by atoms with Gasteiger partial charge in [-0.1, -0.05) is 39.0 Å². The van der Waals surface area contributed by atoms with Gasteiger partial charge < -0.3 is 9.80 Å². The topological polar surface area (TPSA) is 40.6 Å². The molecule has 4 nitrogen and oxygen atoms in total.